The van der Waals surface area contributed by atoms with Gasteiger partial charge in [0.15, 0.2) is 0 Å². The van der Waals surface area contributed by atoms with Crippen LogP contribution in [0, 0.1) is 6.92 Å². The summed E-state index contributed by atoms with van der Waals surface area (Å²) < 4.78 is 6.99. The normalized spacial score (nSPS) is 11.0. The van der Waals surface area contributed by atoms with Crippen LogP contribution in [0.3, 0.4) is 0 Å². The van der Waals surface area contributed by atoms with E-state index in [9.17, 15) is 9.90 Å². The molecule has 0 aliphatic rings. The highest BCUT2D eigenvalue weighted by Crippen LogP contribution is 2.35. The van der Waals surface area contributed by atoms with Gasteiger partial charge in [0.05, 0.1) is 18.5 Å². The van der Waals surface area contributed by atoms with E-state index in [0.29, 0.717) is 4.88 Å². The maximum Gasteiger partial charge on any atom is 0.346 e. The highest BCUT2D eigenvalue weighted by atomic mass is 32.1. The first-order chi connectivity index (χ1) is 10.6. The fourth-order valence-electron chi connectivity index (χ4n) is 2.55. The average molecular weight is 316 g/mol. The molecule has 1 N–H and O–H groups in total. The second kappa shape index (κ2) is 5.46. The number of aryl methyl sites for hydroxylation is 2. The Morgan fingerprint density at radius 2 is 2.05 bits per heavy atom. The third-order valence-electron chi connectivity index (χ3n) is 3.68. The van der Waals surface area contributed by atoms with Gasteiger partial charge >= 0.3 is 5.97 Å². The molecular formula is C16H16N2O3S. The summed E-state index contributed by atoms with van der Waals surface area (Å²) in [6.07, 6.45) is 0.760. The molecule has 0 aliphatic heterocycles. The van der Waals surface area contributed by atoms with Gasteiger partial charge in [-0.2, -0.15) is 5.10 Å². The van der Waals surface area contributed by atoms with Crippen LogP contribution in [0.15, 0.2) is 24.3 Å². The Morgan fingerprint density at radius 1 is 1.36 bits per heavy atom. The molecule has 0 atom stereocenters. The molecule has 0 unspecified atom stereocenters. The topological polar surface area (TPSA) is 64.4 Å². The zero-order valence-electron chi connectivity index (χ0n) is 12.6. The third-order valence-corrected chi connectivity index (χ3v) is 4.93. The zero-order chi connectivity index (χ0) is 15.9. The fourth-order valence-corrected chi connectivity index (χ4v) is 3.69. The van der Waals surface area contributed by atoms with Crippen molar-refractivity contribution in [3.8, 4) is 11.4 Å². The van der Waals surface area contributed by atoms with E-state index in [0.717, 1.165) is 39.3 Å². The van der Waals surface area contributed by atoms with Crippen molar-refractivity contribution in [1.29, 1.82) is 0 Å². The van der Waals surface area contributed by atoms with Crippen LogP contribution in [-0.2, 0) is 6.42 Å². The lowest BCUT2D eigenvalue weighted by atomic mass is 10.1. The van der Waals surface area contributed by atoms with Crippen LogP contribution in [0.2, 0.25) is 0 Å². The van der Waals surface area contributed by atoms with Crippen molar-refractivity contribution in [2.75, 3.05) is 7.11 Å². The standard InChI is InChI=1S/C16H16N2O3S/c1-4-12-13-9(2)14(16(19)20)22-15(13)18(17-12)10-5-7-11(21-3)8-6-10/h5-8H,4H2,1-3H3,(H,19,20). The summed E-state index contributed by atoms with van der Waals surface area (Å²) in [6, 6.07) is 7.57. The van der Waals surface area contributed by atoms with Gasteiger partial charge in [0.2, 0.25) is 0 Å². The van der Waals surface area contributed by atoms with E-state index in [1.54, 1.807) is 7.11 Å². The van der Waals surface area contributed by atoms with Gasteiger partial charge < -0.3 is 9.84 Å². The first kappa shape index (κ1) is 14.6. The van der Waals surface area contributed by atoms with Crippen LogP contribution >= 0.6 is 11.3 Å². The Bertz CT molecular complexity index is 847. The molecule has 0 radical (unpaired) electrons. The molecule has 0 saturated carbocycles. The maximum absolute atomic E-state index is 11.4. The number of benzene rings is 1. The molecular weight excluding hydrogens is 300 g/mol. The van der Waals surface area contributed by atoms with E-state index in [1.807, 2.05) is 42.8 Å². The molecule has 22 heavy (non-hydrogen) atoms. The fraction of sp³-hybridized carbons (Fsp3) is 0.250. The highest BCUT2D eigenvalue weighted by molar-refractivity contribution is 7.20. The summed E-state index contributed by atoms with van der Waals surface area (Å²) in [5.41, 5.74) is 2.61. The predicted molar refractivity (Wildman–Crippen MR) is 86.6 cm³/mol. The van der Waals surface area contributed by atoms with Crippen molar-refractivity contribution in [2.45, 2.75) is 20.3 Å². The van der Waals surface area contributed by atoms with Crippen molar-refractivity contribution in [3.05, 3.63) is 40.4 Å². The summed E-state index contributed by atoms with van der Waals surface area (Å²) in [4.78, 5) is 12.6. The Kier molecular flexibility index (Phi) is 3.62. The number of methoxy groups -OCH3 is 1. The minimum Gasteiger partial charge on any atom is -0.497 e. The smallest absolute Gasteiger partial charge is 0.346 e. The lowest BCUT2D eigenvalue weighted by Gasteiger charge is -2.04. The Morgan fingerprint density at radius 3 is 2.59 bits per heavy atom. The number of rotatable bonds is 4. The lowest BCUT2D eigenvalue weighted by molar-refractivity contribution is 0.0701. The summed E-state index contributed by atoms with van der Waals surface area (Å²) in [6.45, 7) is 3.87. The number of hydrogen-bond acceptors (Lipinski definition) is 4. The number of nitrogens with zero attached hydrogens (tertiary/aromatic N) is 2. The molecule has 5 nitrogen and oxygen atoms in total. The highest BCUT2D eigenvalue weighted by Gasteiger charge is 2.21. The summed E-state index contributed by atoms with van der Waals surface area (Å²) in [7, 11) is 1.62. The van der Waals surface area contributed by atoms with E-state index in [-0.39, 0.29) is 0 Å². The largest absolute Gasteiger partial charge is 0.497 e. The average Bonchev–Trinajstić information content (AvgIpc) is 3.05. The molecule has 0 amide bonds. The first-order valence-corrected chi connectivity index (χ1v) is 7.77. The Hall–Kier alpha value is -2.34. The van der Waals surface area contributed by atoms with Gasteiger partial charge in [-0.15, -0.1) is 11.3 Å². The van der Waals surface area contributed by atoms with E-state index in [4.69, 9.17) is 4.74 Å². The Balaban J connectivity index is 2.24. The minimum atomic E-state index is -0.887. The number of carbonyl (C=O) groups is 1. The van der Waals surface area contributed by atoms with E-state index in [2.05, 4.69) is 5.10 Å². The number of carboxylic acid groups (broad SMARTS) is 1. The van der Waals surface area contributed by atoms with Gasteiger partial charge in [-0.3, -0.25) is 0 Å². The molecule has 0 aliphatic carbocycles. The number of hydrogen-bond donors (Lipinski definition) is 1. The molecule has 0 spiro atoms. The van der Waals surface area contributed by atoms with Crippen molar-refractivity contribution < 1.29 is 14.6 Å². The van der Waals surface area contributed by atoms with Crippen LogP contribution in [0.5, 0.6) is 5.75 Å². The number of aromatic carboxylic acids is 1. The van der Waals surface area contributed by atoms with Crippen molar-refractivity contribution >= 4 is 27.5 Å². The monoisotopic (exact) mass is 316 g/mol. The van der Waals surface area contributed by atoms with E-state index >= 15 is 0 Å². The molecule has 3 rings (SSSR count). The lowest BCUT2D eigenvalue weighted by Crippen LogP contribution is -1.98. The van der Waals surface area contributed by atoms with Crippen LogP contribution in [0.4, 0.5) is 0 Å². The van der Waals surface area contributed by atoms with Gasteiger partial charge in [0.1, 0.15) is 15.5 Å². The molecule has 1 aromatic carbocycles. The second-order valence-corrected chi connectivity index (χ2v) is 5.95. The second-order valence-electron chi connectivity index (χ2n) is 4.95. The van der Waals surface area contributed by atoms with Crippen LogP contribution in [-0.4, -0.2) is 28.0 Å². The number of fused-ring (bicyclic) bond motifs is 1. The zero-order valence-corrected chi connectivity index (χ0v) is 13.4. The third kappa shape index (κ3) is 2.16. The quantitative estimate of drug-likeness (QED) is 0.797. The summed E-state index contributed by atoms with van der Waals surface area (Å²) in [5, 5.41) is 14.9. The number of carboxylic acids is 1. The Labute approximate surface area is 131 Å². The van der Waals surface area contributed by atoms with Gasteiger partial charge in [0, 0.05) is 5.39 Å². The van der Waals surface area contributed by atoms with Crippen LogP contribution < -0.4 is 4.74 Å². The predicted octanol–water partition coefficient (Wildman–Crippen LogP) is 3.66. The molecule has 114 valence electrons. The number of thiophene rings is 1. The van der Waals surface area contributed by atoms with Crippen molar-refractivity contribution in [2.24, 2.45) is 0 Å². The molecule has 6 heteroatoms. The van der Waals surface area contributed by atoms with Crippen molar-refractivity contribution in [3.63, 3.8) is 0 Å². The van der Waals surface area contributed by atoms with Crippen molar-refractivity contribution in [1.82, 2.24) is 9.78 Å². The first-order valence-electron chi connectivity index (χ1n) is 6.95. The molecule has 0 bridgehead atoms. The van der Waals surface area contributed by atoms with Gasteiger partial charge in [-0.25, -0.2) is 9.48 Å². The molecule has 2 heterocycles. The number of aromatic nitrogens is 2. The van der Waals surface area contributed by atoms with Gasteiger partial charge in [-0.05, 0) is 43.2 Å². The summed E-state index contributed by atoms with van der Waals surface area (Å²) >= 11 is 1.27. The molecule has 0 fully saturated rings. The van der Waals surface area contributed by atoms with E-state index in [1.165, 1.54) is 11.3 Å². The number of ether oxygens (including phenoxy) is 1. The summed E-state index contributed by atoms with van der Waals surface area (Å²) in [5.74, 6) is -0.113. The van der Waals surface area contributed by atoms with Gasteiger partial charge in [-0.1, -0.05) is 6.92 Å². The van der Waals surface area contributed by atoms with Gasteiger partial charge in [0.25, 0.3) is 0 Å². The minimum absolute atomic E-state index is 0.379. The SMILES string of the molecule is CCc1nn(-c2ccc(OC)cc2)c2sc(C(=O)O)c(C)c12. The van der Waals surface area contributed by atoms with Crippen LogP contribution in [0.1, 0.15) is 27.9 Å². The molecule has 0 saturated heterocycles. The maximum atomic E-state index is 11.4. The van der Waals surface area contributed by atoms with E-state index < -0.39 is 5.97 Å². The molecule has 3 aromatic rings. The molecule has 2 aromatic heterocycles. The van der Waals surface area contributed by atoms with Crippen LogP contribution in [0.25, 0.3) is 15.9 Å².